The van der Waals surface area contributed by atoms with Gasteiger partial charge in [0, 0.05) is 9.75 Å². The number of hydrogen-bond donors (Lipinski definition) is 0. The molecule has 0 fully saturated rings. The van der Waals surface area contributed by atoms with Gasteiger partial charge in [0.25, 0.3) is 0 Å². The molecule has 1 aromatic carbocycles. The van der Waals surface area contributed by atoms with Gasteiger partial charge in [-0.25, -0.2) is 0 Å². The summed E-state index contributed by atoms with van der Waals surface area (Å²) in [6.45, 7) is 2.19. The Balaban J connectivity index is 0.000000758. The van der Waals surface area contributed by atoms with Crippen molar-refractivity contribution in [1.82, 2.24) is 0 Å². The Hall–Kier alpha value is -2.53. The minimum Gasteiger partial charge on any atom is -0.469 e. The van der Waals surface area contributed by atoms with Crippen LogP contribution in [0.25, 0.3) is 20.9 Å². The molecule has 0 amide bonds. The molecule has 0 unspecified atom stereocenters. The van der Waals surface area contributed by atoms with Crippen LogP contribution in [-0.4, -0.2) is 19.2 Å². The molecule has 2 aromatic heterocycles. The van der Waals surface area contributed by atoms with Crippen LogP contribution in [0.2, 0.25) is 0 Å². The van der Waals surface area contributed by atoms with E-state index in [1.54, 1.807) is 22.7 Å². The van der Waals surface area contributed by atoms with E-state index in [9.17, 15) is 4.79 Å². The van der Waals surface area contributed by atoms with Crippen LogP contribution in [0, 0.1) is 0 Å². The second-order valence-corrected chi connectivity index (χ2v) is 7.15. The maximum absolute atomic E-state index is 11.5. The summed E-state index contributed by atoms with van der Waals surface area (Å²) in [6, 6.07) is 12.8. The first-order valence-electron chi connectivity index (χ1n) is 7.94. The zero-order valence-corrected chi connectivity index (χ0v) is 16.1. The lowest BCUT2D eigenvalue weighted by Gasteiger charge is -2.06. The highest BCUT2D eigenvalue weighted by molar-refractivity contribution is 7.14. The van der Waals surface area contributed by atoms with Crippen LogP contribution in [0.4, 0.5) is 0 Å². The third-order valence-electron chi connectivity index (χ3n) is 3.85. The van der Waals surface area contributed by atoms with Gasteiger partial charge in [-0.1, -0.05) is 31.2 Å². The first-order valence-corrected chi connectivity index (χ1v) is 9.70. The van der Waals surface area contributed by atoms with E-state index in [1.807, 2.05) is 11.4 Å². The molecule has 4 nitrogen and oxygen atoms in total. The van der Waals surface area contributed by atoms with E-state index in [2.05, 4.69) is 42.6 Å². The Kier molecular flexibility index (Phi) is 7.48. The van der Waals surface area contributed by atoms with Crippen LogP contribution in [0.5, 0.6) is 0 Å². The first-order chi connectivity index (χ1) is 12.6. The van der Waals surface area contributed by atoms with Crippen LogP contribution in [0.15, 0.2) is 47.2 Å². The number of hydrogen-bond acceptors (Lipinski definition) is 6. The predicted octanol–water partition coefficient (Wildman–Crippen LogP) is 4.84. The Labute approximate surface area is 160 Å². The van der Waals surface area contributed by atoms with Crippen LogP contribution >= 0.6 is 22.7 Å². The van der Waals surface area contributed by atoms with Crippen molar-refractivity contribution in [3.8, 4) is 20.9 Å². The molecule has 26 heavy (non-hydrogen) atoms. The van der Waals surface area contributed by atoms with E-state index in [-0.39, 0.29) is 12.1 Å². The summed E-state index contributed by atoms with van der Waals surface area (Å²) in [5.74, 6) is -0.201. The fourth-order valence-corrected chi connectivity index (χ4v) is 4.53. The zero-order valence-electron chi connectivity index (χ0n) is 14.5. The number of rotatable bonds is 5. The van der Waals surface area contributed by atoms with E-state index < -0.39 is 0 Å². The van der Waals surface area contributed by atoms with E-state index in [1.165, 1.54) is 23.1 Å². The summed E-state index contributed by atoms with van der Waals surface area (Å²) < 4.78 is 4.78. The van der Waals surface area contributed by atoms with Crippen molar-refractivity contribution in [2.75, 3.05) is 7.11 Å². The standard InChI is InChI=1S/C19H18O2S2.CO2/c1-3-13-8-10-22-18(13)14-4-6-15(7-5-14)19-16(9-11-23-19)12-17(20)21-2;2-1-3/h4-11H,3,12H2,1-2H3;. The highest BCUT2D eigenvalue weighted by Crippen LogP contribution is 2.34. The number of carbonyl (C=O) groups excluding carboxylic acids is 3. The van der Waals surface area contributed by atoms with E-state index >= 15 is 0 Å². The molecule has 0 radical (unpaired) electrons. The molecule has 0 N–H and O–H groups in total. The minimum absolute atomic E-state index is 0.201. The second-order valence-electron chi connectivity index (χ2n) is 5.32. The minimum atomic E-state index is -0.201. The van der Waals surface area contributed by atoms with Gasteiger partial charge in [0.2, 0.25) is 0 Å². The Bertz CT molecular complexity index is 885. The molecule has 0 bridgehead atoms. The monoisotopic (exact) mass is 386 g/mol. The van der Waals surface area contributed by atoms with E-state index in [4.69, 9.17) is 14.3 Å². The Morgan fingerprint density at radius 1 is 0.923 bits per heavy atom. The smallest absolute Gasteiger partial charge is 0.373 e. The van der Waals surface area contributed by atoms with Gasteiger partial charge in [-0.2, -0.15) is 9.59 Å². The van der Waals surface area contributed by atoms with E-state index in [0.29, 0.717) is 6.42 Å². The summed E-state index contributed by atoms with van der Waals surface area (Å²) in [5, 5.41) is 4.17. The third kappa shape index (κ3) is 4.76. The van der Waals surface area contributed by atoms with Gasteiger partial charge in [-0.15, -0.1) is 22.7 Å². The molecule has 134 valence electrons. The van der Waals surface area contributed by atoms with Crippen molar-refractivity contribution in [3.63, 3.8) is 0 Å². The summed E-state index contributed by atoms with van der Waals surface area (Å²) in [7, 11) is 1.43. The lowest BCUT2D eigenvalue weighted by atomic mass is 10.0. The molecule has 0 aliphatic heterocycles. The highest BCUT2D eigenvalue weighted by Gasteiger charge is 2.12. The van der Waals surface area contributed by atoms with Gasteiger partial charge < -0.3 is 4.74 Å². The normalized spacial score (nSPS) is 9.77. The topological polar surface area (TPSA) is 60.4 Å². The number of esters is 1. The molecule has 0 spiro atoms. The van der Waals surface area contributed by atoms with Gasteiger partial charge in [0.15, 0.2) is 0 Å². The number of methoxy groups -OCH3 is 1. The highest BCUT2D eigenvalue weighted by atomic mass is 32.1. The van der Waals surface area contributed by atoms with Crippen molar-refractivity contribution in [3.05, 3.63) is 58.3 Å². The fourth-order valence-electron chi connectivity index (χ4n) is 2.60. The SMILES string of the molecule is CCc1ccsc1-c1ccc(-c2sccc2CC(=O)OC)cc1.O=C=O. The Morgan fingerprint density at radius 2 is 1.38 bits per heavy atom. The summed E-state index contributed by atoms with van der Waals surface area (Å²) >= 11 is 3.45. The van der Waals surface area contributed by atoms with Gasteiger partial charge in [-0.3, -0.25) is 4.79 Å². The van der Waals surface area contributed by atoms with Gasteiger partial charge in [0.1, 0.15) is 0 Å². The molecule has 0 aliphatic carbocycles. The molecule has 0 saturated heterocycles. The lowest BCUT2D eigenvalue weighted by molar-refractivity contribution is -0.191. The number of carbonyl (C=O) groups is 1. The summed E-state index contributed by atoms with van der Waals surface area (Å²) in [4.78, 5) is 30.3. The molecule has 2 heterocycles. The van der Waals surface area contributed by atoms with Crippen LogP contribution in [0.3, 0.4) is 0 Å². The van der Waals surface area contributed by atoms with Crippen LogP contribution in [-0.2, 0) is 32.0 Å². The van der Waals surface area contributed by atoms with Crippen LogP contribution < -0.4 is 0 Å². The number of benzene rings is 1. The summed E-state index contributed by atoms with van der Waals surface area (Å²) in [5.41, 5.74) is 4.83. The zero-order chi connectivity index (χ0) is 18.9. The fraction of sp³-hybridized carbons (Fsp3) is 0.200. The van der Waals surface area contributed by atoms with Crippen LogP contribution in [0.1, 0.15) is 18.1 Å². The van der Waals surface area contributed by atoms with Gasteiger partial charge in [0.05, 0.1) is 13.5 Å². The first kappa shape index (κ1) is 19.8. The average molecular weight is 386 g/mol. The van der Waals surface area contributed by atoms with E-state index in [0.717, 1.165) is 22.4 Å². The molecule has 0 aliphatic rings. The van der Waals surface area contributed by atoms with Gasteiger partial charge in [-0.05, 0) is 51.6 Å². The molecular weight excluding hydrogens is 368 g/mol. The van der Waals surface area contributed by atoms with Crippen molar-refractivity contribution < 1.29 is 19.1 Å². The predicted molar refractivity (Wildman–Crippen MR) is 103 cm³/mol. The largest absolute Gasteiger partial charge is 0.469 e. The quantitative estimate of drug-likeness (QED) is 0.589. The summed E-state index contributed by atoms with van der Waals surface area (Å²) in [6.07, 6.45) is 1.62. The van der Waals surface area contributed by atoms with Gasteiger partial charge >= 0.3 is 12.1 Å². The second kappa shape index (κ2) is 9.82. The molecule has 0 saturated carbocycles. The Morgan fingerprint density at radius 3 is 1.85 bits per heavy atom. The molecule has 3 rings (SSSR count). The third-order valence-corrected chi connectivity index (χ3v) is 5.86. The van der Waals surface area contributed by atoms with Crippen molar-refractivity contribution in [2.45, 2.75) is 19.8 Å². The number of ether oxygens (including phenoxy) is 1. The maximum atomic E-state index is 11.5. The number of thiophene rings is 2. The van der Waals surface area contributed by atoms with Crippen molar-refractivity contribution in [1.29, 1.82) is 0 Å². The lowest BCUT2D eigenvalue weighted by Crippen LogP contribution is -2.04. The van der Waals surface area contributed by atoms with Crippen molar-refractivity contribution >= 4 is 34.8 Å². The molecule has 0 atom stereocenters. The maximum Gasteiger partial charge on any atom is 0.373 e. The molecular formula is C20H18O4S2. The number of aryl methyl sites for hydroxylation is 1. The average Bonchev–Trinajstić information content (AvgIpc) is 3.31. The van der Waals surface area contributed by atoms with Crippen molar-refractivity contribution in [2.24, 2.45) is 0 Å². The molecule has 6 heteroatoms. The molecule has 3 aromatic rings.